The molecule has 2 aromatic rings. The van der Waals surface area contributed by atoms with Crippen LogP contribution in [0.25, 0.3) is 10.6 Å². The van der Waals surface area contributed by atoms with E-state index in [9.17, 15) is 9.35 Å². The highest BCUT2D eigenvalue weighted by molar-refractivity contribution is 7.90. The molecule has 0 aliphatic carbocycles. The minimum atomic E-state index is -0.998. The van der Waals surface area contributed by atoms with Crippen LogP contribution in [0.15, 0.2) is 18.7 Å². The van der Waals surface area contributed by atoms with Gasteiger partial charge in [-0.2, -0.15) is 0 Å². The molecule has 6 nitrogen and oxygen atoms in total. The summed E-state index contributed by atoms with van der Waals surface area (Å²) in [7, 11) is 1.63. The molecule has 0 fully saturated rings. The number of anilines is 1. The molecule has 112 valence electrons. The maximum absolute atomic E-state index is 12.0. The topological polar surface area (TPSA) is 82.0 Å². The Kier molecular flexibility index (Phi) is 5.51. The zero-order chi connectivity index (χ0) is 15.4. The third-order valence-electron chi connectivity index (χ3n) is 2.66. The van der Waals surface area contributed by atoms with Crippen LogP contribution in [-0.2, 0) is 16.0 Å². The van der Waals surface area contributed by atoms with E-state index in [2.05, 4.69) is 15.0 Å². The first-order chi connectivity index (χ1) is 9.99. The highest BCUT2D eigenvalue weighted by atomic mass is 35.5. The van der Waals surface area contributed by atoms with Gasteiger partial charge in [0.25, 0.3) is 0 Å². The molecule has 2 heterocycles. The molecule has 0 aliphatic rings. The van der Waals surface area contributed by atoms with Crippen molar-refractivity contribution in [2.24, 2.45) is 0 Å². The van der Waals surface area contributed by atoms with Crippen LogP contribution >= 0.6 is 22.9 Å². The largest absolute Gasteiger partial charge is 0.617 e. The second-order valence-electron chi connectivity index (χ2n) is 4.22. The molecule has 0 saturated carbocycles. The minimum Gasteiger partial charge on any atom is -0.617 e. The van der Waals surface area contributed by atoms with Gasteiger partial charge in [-0.3, -0.25) is 4.79 Å². The predicted octanol–water partition coefficient (Wildman–Crippen LogP) is 1.98. The average molecular weight is 345 g/mol. The van der Waals surface area contributed by atoms with E-state index in [4.69, 9.17) is 11.6 Å². The van der Waals surface area contributed by atoms with E-state index in [1.165, 1.54) is 22.6 Å². The first-order valence-electron chi connectivity index (χ1n) is 5.97. The average Bonchev–Trinajstić information content (AvgIpc) is 2.86. The molecular formula is C12H13ClN4O2S2. The molecule has 21 heavy (non-hydrogen) atoms. The number of halogens is 1. The maximum atomic E-state index is 12.0. The molecular weight excluding hydrogens is 332 g/mol. The van der Waals surface area contributed by atoms with Gasteiger partial charge in [0.2, 0.25) is 5.91 Å². The van der Waals surface area contributed by atoms with Crippen molar-refractivity contribution >= 4 is 45.0 Å². The SMILES string of the molecule is CN(C(=O)CC[S+](C)[O-])c1sc(-c2cncnc2)nc1Cl. The zero-order valence-electron chi connectivity index (χ0n) is 11.4. The Morgan fingerprint density at radius 1 is 1.48 bits per heavy atom. The Morgan fingerprint density at radius 2 is 2.14 bits per heavy atom. The molecule has 1 atom stereocenters. The Hall–Kier alpha value is -1.22. The van der Waals surface area contributed by atoms with E-state index in [1.54, 1.807) is 25.7 Å². The highest BCUT2D eigenvalue weighted by Crippen LogP contribution is 2.36. The number of hydrogen-bond acceptors (Lipinski definition) is 6. The lowest BCUT2D eigenvalue weighted by Crippen LogP contribution is -2.27. The lowest BCUT2D eigenvalue weighted by atomic mass is 10.4. The molecule has 0 aromatic carbocycles. The second kappa shape index (κ2) is 7.17. The van der Waals surface area contributed by atoms with Crippen molar-refractivity contribution in [3.05, 3.63) is 23.9 Å². The second-order valence-corrected chi connectivity index (χ2v) is 7.11. The van der Waals surface area contributed by atoms with Gasteiger partial charge in [0.1, 0.15) is 22.1 Å². The number of amides is 1. The molecule has 1 unspecified atom stereocenters. The summed E-state index contributed by atoms with van der Waals surface area (Å²) in [5.74, 6) is 0.186. The smallest absolute Gasteiger partial charge is 0.232 e. The first kappa shape index (κ1) is 16.2. The van der Waals surface area contributed by atoms with Crippen LogP contribution in [0.3, 0.4) is 0 Å². The maximum Gasteiger partial charge on any atom is 0.232 e. The summed E-state index contributed by atoms with van der Waals surface area (Å²) in [6, 6.07) is 0. The minimum absolute atomic E-state index is 0.147. The van der Waals surface area contributed by atoms with Crippen LogP contribution in [-0.4, -0.2) is 44.5 Å². The van der Waals surface area contributed by atoms with Gasteiger partial charge in [-0.15, -0.1) is 0 Å². The number of nitrogens with zero attached hydrogens (tertiary/aromatic N) is 4. The summed E-state index contributed by atoms with van der Waals surface area (Å²) < 4.78 is 11.1. The monoisotopic (exact) mass is 344 g/mol. The third kappa shape index (κ3) is 4.13. The van der Waals surface area contributed by atoms with Crippen molar-refractivity contribution in [3.8, 4) is 10.6 Å². The Labute approximate surface area is 134 Å². The van der Waals surface area contributed by atoms with Crippen molar-refractivity contribution in [1.82, 2.24) is 15.0 Å². The van der Waals surface area contributed by atoms with Gasteiger partial charge in [-0.05, 0) is 0 Å². The molecule has 9 heteroatoms. The van der Waals surface area contributed by atoms with E-state index < -0.39 is 11.2 Å². The van der Waals surface area contributed by atoms with Gasteiger partial charge in [0.05, 0.1) is 12.7 Å². The number of rotatable bonds is 5. The number of hydrogen-bond donors (Lipinski definition) is 0. The summed E-state index contributed by atoms with van der Waals surface area (Å²) in [5.41, 5.74) is 0.742. The van der Waals surface area contributed by atoms with Crippen LogP contribution in [0, 0.1) is 0 Å². The quantitative estimate of drug-likeness (QED) is 0.774. The van der Waals surface area contributed by atoms with E-state index in [-0.39, 0.29) is 17.5 Å². The highest BCUT2D eigenvalue weighted by Gasteiger charge is 2.20. The number of thiazole rings is 1. The molecule has 0 radical (unpaired) electrons. The van der Waals surface area contributed by atoms with Crippen molar-refractivity contribution in [2.75, 3.05) is 24.0 Å². The summed E-state index contributed by atoms with van der Waals surface area (Å²) >= 11 is 6.39. The number of aromatic nitrogens is 3. The molecule has 0 aliphatic heterocycles. The van der Waals surface area contributed by atoms with Gasteiger partial charge in [-0.1, -0.05) is 34.1 Å². The van der Waals surface area contributed by atoms with Crippen molar-refractivity contribution in [2.45, 2.75) is 6.42 Å². The van der Waals surface area contributed by atoms with Crippen LogP contribution in [0.2, 0.25) is 5.15 Å². The number of carbonyl (C=O) groups is 1. The Balaban J connectivity index is 2.17. The molecule has 0 spiro atoms. The lowest BCUT2D eigenvalue weighted by molar-refractivity contribution is -0.117. The van der Waals surface area contributed by atoms with Gasteiger partial charge in [0, 0.05) is 25.0 Å². The number of carbonyl (C=O) groups excluding carboxylic acids is 1. The standard InChI is InChI=1S/C12H13ClN4O2S2/c1-17(9(18)3-4-21(2)19)12-10(13)16-11(20-12)8-5-14-7-15-6-8/h5-7H,3-4H2,1-2H3. The fourth-order valence-corrected chi connectivity index (χ4v) is 3.30. The molecule has 0 N–H and O–H groups in total. The van der Waals surface area contributed by atoms with Crippen molar-refractivity contribution in [3.63, 3.8) is 0 Å². The van der Waals surface area contributed by atoms with Crippen LogP contribution in [0.5, 0.6) is 0 Å². The molecule has 2 rings (SSSR count). The normalized spacial score (nSPS) is 12.2. The fourth-order valence-electron chi connectivity index (χ4n) is 1.55. The lowest BCUT2D eigenvalue weighted by Gasteiger charge is -2.15. The predicted molar refractivity (Wildman–Crippen MR) is 85.1 cm³/mol. The van der Waals surface area contributed by atoms with E-state index in [0.717, 1.165) is 5.56 Å². The Bertz CT molecular complexity index is 621. The fraction of sp³-hybridized carbons (Fsp3) is 0.333. The van der Waals surface area contributed by atoms with Gasteiger partial charge in [0.15, 0.2) is 5.15 Å². The summed E-state index contributed by atoms with van der Waals surface area (Å²) in [5, 5.41) is 1.46. The third-order valence-corrected chi connectivity index (χ3v) is 4.99. The van der Waals surface area contributed by atoms with Crippen LogP contribution in [0.4, 0.5) is 5.00 Å². The van der Waals surface area contributed by atoms with Gasteiger partial charge < -0.3 is 9.45 Å². The van der Waals surface area contributed by atoms with Crippen molar-refractivity contribution < 1.29 is 9.35 Å². The van der Waals surface area contributed by atoms with Gasteiger partial charge in [-0.25, -0.2) is 15.0 Å². The summed E-state index contributed by atoms with van der Waals surface area (Å²) in [6.45, 7) is 0. The van der Waals surface area contributed by atoms with Crippen LogP contribution < -0.4 is 4.90 Å². The van der Waals surface area contributed by atoms with E-state index in [0.29, 0.717) is 15.8 Å². The van der Waals surface area contributed by atoms with E-state index >= 15 is 0 Å². The zero-order valence-corrected chi connectivity index (χ0v) is 13.8. The summed E-state index contributed by atoms with van der Waals surface area (Å²) in [6.07, 6.45) is 6.47. The molecule has 0 bridgehead atoms. The van der Waals surface area contributed by atoms with Gasteiger partial charge >= 0.3 is 0 Å². The molecule has 1 amide bonds. The molecule has 0 saturated heterocycles. The Morgan fingerprint density at radius 3 is 2.76 bits per heavy atom. The van der Waals surface area contributed by atoms with Crippen LogP contribution in [0.1, 0.15) is 6.42 Å². The molecule has 2 aromatic heterocycles. The first-order valence-corrected chi connectivity index (χ1v) is 8.89. The van der Waals surface area contributed by atoms with E-state index in [1.807, 2.05) is 0 Å². The van der Waals surface area contributed by atoms with Crippen molar-refractivity contribution in [1.29, 1.82) is 0 Å². The summed E-state index contributed by atoms with van der Waals surface area (Å²) in [4.78, 5) is 25.6.